The molecule has 0 spiro atoms. The number of carbonyl (C=O) groups excluding carboxylic acids is 2. The quantitative estimate of drug-likeness (QED) is 0.592. The van der Waals surface area contributed by atoms with E-state index in [0.717, 1.165) is 25.1 Å². The van der Waals surface area contributed by atoms with Crippen molar-refractivity contribution in [3.63, 3.8) is 0 Å². The summed E-state index contributed by atoms with van der Waals surface area (Å²) in [7, 11) is 0. The molecular formula is C16H21N5O3S. The molecule has 0 unspecified atom stereocenters. The predicted molar refractivity (Wildman–Crippen MR) is 92.1 cm³/mol. The van der Waals surface area contributed by atoms with Gasteiger partial charge in [0.2, 0.25) is 5.16 Å². The number of thioether (sulfide) groups is 1. The smallest absolute Gasteiger partial charge is 0.209 e. The molecule has 0 amide bonds. The van der Waals surface area contributed by atoms with E-state index in [0.29, 0.717) is 28.5 Å². The molecule has 0 aliphatic carbocycles. The Morgan fingerprint density at radius 2 is 2.20 bits per heavy atom. The largest absolute Gasteiger partial charge is 0.376 e. The third-order valence-corrected chi connectivity index (χ3v) is 5.26. The monoisotopic (exact) mass is 363 g/mol. The average molecular weight is 363 g/mol. The van der Waals surface area contributed by atoms with Crippen molar-refractivity contribution in [2.24, 2.45) is 0 Å². The maximum atomic E-state index is 12.5. The van der Waals surface area contributed by atoms with Crippen molar-refractivity contribution in [1.29, 1.82) is 0 Å². The van der Waals surface area contributed by atoms with Gasteiger partial charge in [-0.1, -0.05) is 11.8 Å². The highest BCUT2D eigenvalue weighted by Crippen LogP contribution is 2.23. The molecule has 25 heavy (non-hydrogen) atoms. The predicted octanol–water partition coefficient (Wildman–Crippen LogP) is 1.97. The van der Waals surface area contributed by atoms with E-state index in [4.69, 9.17) is 4.74 Å². The van der Waals surface area contributed by atoms with Gasteiger partial charge >= 0.3 is 0 Å². The van der Waals surface area contributed by atoms with Crippen LogP contribution in [-0.4, -0.2) is 55.2 Å². The van der Waals surface area contributed by atoms with E-state index in [1.54, 1.807) is 18.5 Å². The molecule has 2 aromatic heterocycles. The summed E-state index contributed by atoms with van der Waals surface area (Å²) in [5.41, 5.74) is 2.50. The Bertz CT molecular complexity index is 792. The second-order valence-electron chi connectivity index (χ2n) is 6.17. The number of carbonyl (C=O) groups is 2. The molecule has 1 fully saturated rings. The molecule has 8 nitrogen and oxygen atoms in total. The molecule has 1 aliphatic rings. The number of tetrazole rings is 1. The number of rotatable bonds is 7. The third-order valence-electron chi connectivity index (χ3n) is 4.30. The molecule has 0 aromatic carbocycles. The molecule has 134 valence electrons. The van der Waals surface area contributed by atoms with Crippen molar-refractivity contribution in [3.05, 3.63) is 22.5 Å². The summed E-state index contributed by atoms with van der Waals surface area (Å²) in [6.07, 6.45) is 2.18. The normalized spacial score (nSPS) is 17.2. The molecule has 0 radical (unpaired) electrons. The molecule has 0 saturated carbocycles. The van der Waals surface area contributed by atoms with Crippen LogP contribution in [0.3, 0.4) is 0 Å². The van der Waals surface area contributed by atoms with E-state index < -0.39 is 0 Å². The maximum Gasteiger partial charge on any atom is 0.209 e. The van der Waals surface area contributed by atoms with E-state index >= 15 is 0 Å². The Morgan fingerprint density at radius 1 is 1.40 bits per heavy atom. The molecular weight excluding hydrogens is 342 g/mol. The fourth-order valence-electron chi connectivity index (χ4n) is 3.15. The zero-order valence-electron chi connectivity index (χ0n) is 14.5. The van der Waals surface area contributed by atoms with Crippen LogP contribution >= 0.6 is 11.8 Å². The molecule has 1 N–H and O–H groups in total. The number of nitrogens with one attached hydrogen (secondary N) is 1. The lowest BCUT2D eigenvalue weighted by Crippen LogP contribution is -2.17. The summed E-state index contributed by atoms with van der Waals surface area (Å²) in [5, 5.41) is 12.3. The molecule has 0 bridgehead atoms. The van der Waals surface area contributed by atoms with Crippen molar-refractivity contribution < 1.29 is 14.3 Å². The lowest BCUT2D eigenvalue weighted by molar-refractivity contribution is 0.0911. The van der Waals surface area contributed by atoms with Gasteiger partial charge in [-0.3, -0.25) is 9.59 Å². The number of ketones is 2. The van der Waals surface area contributed by atoms with Crippen LogP contribution in [0.25, 0.3) is 0 Å². The summed E-state index contributed by atoms with van der Waals surface area (Å²) >= 11 is 1.29. The molecule has 1 saturated heterocycles. The first-order valence-corrected chi connectivity index (χ1v) is 9.19. The second kappa shape index (κ2) is 7.49. The molecule has 3 rings (SSSR count). The Morgan fingerprint density at radius 3 is 2.84 bits per heavy atom. The van der Waals surface area contributed by atoms with Crippen LogP contribution in [0, 0.1) is 13.8 Å². The van der Waals surface area contributed by atoms with Gasteiger partial charge < -0.3 is 9.72 Å². The standard InChI is InChI=1S/C16H21N5O3S/c1-9-14(11(3)22)10(2)17-15(9)13(23)8-25-16-18-19-20-21(16)7-12-5-4-6-24-12/h12,17H,4-8H2,1-3H3/t12-/m0/s1. The van der Waals surface area contributed by atoms with Gasteiger partial charge in [0.25, 0.3) is 0 Å². The van der Waals surface area contributed by atoms with Crippen LogP contribution in [0.5, 0.6) is 0 Å². The minimum absolute atomic E-state index is 0.0431. The minimum atomic E-state index is -0.0789. The Kier molecular flexibility index (Phi) is 5.33. The number of aromatic amines is 1. The van der Waals surface area contributed by atoms with Crippen LogP contribution < -0.4 is 0 Å². The summed E-state index contributed by atoms with van der Waals surface area (Å²) in [4.78, 5) is 27.3. The van der Waals surface area contributed by atoms with Gasteiger partial charge in [-0.2, -0.15) is 0 Å². The van der Waals surface area contributed by atoms with Crippen molar-refractivity contribution in [3.8, 4) is 0 Å². The Hall–Kier alpha value is -2.00. The van der Waals surface area contributed by atoms with Gasteiger partial charge in [0.15, 0.2) is 11.6 Å². The summed E-state index contributed by atoms with van der Waals surface area (Å²) in [6.45, 7) is 6.47. The first-order valence-electron chi connectivity index (χ1n) is 8.21. The van der Waals surface area contributed by atoms with E-state index in [1.165, 1.54) is 18.7 Å². The van der Waals surface area contributed by atoms with Crippen LogP contribution in [0.2, 0.25) is 0 Å². The summed E-state index contributed by atoms with van der Waals surface area (Å²) in [6, 6.07) is 0. The van der Waals surface area contributed by atoms with Gasteiger partial charge in [-0.25, -0.2) is 4.68 Å². The first-order chi connectivity index (χ1) is 12.0. The molecule has 1 atom stereocenters. The molecule has 1 aliphatic heterocycles. The lowest BCUT2D eigenvalue weighted by atomic mass is 10.1. The number of H-pyrrole nitrogens is 1. The van der Waals surface area contributed by atoms with E-state index in [-0.39, 0.29) is 23.4 Å². The number of aryl methyl sites for hydroxylation is 1. The number of hydrogen-bond donors (Lipinski definition) is 1. The molecule has 9 heteroatoms. The number of ether oxygens (including phenoxy) is 1. The highest BCUT2D eigenvalue weighted by atomic mass is 32.2. The van der Waals surface area contributed by atoms with Crippen molar-refractivity contribution >= 4 is 23.3 Å². The average Bonchev–Trinajstić information content (AvgIpc) is 3.27. The van der Waals surface area contributed by atoms with Crippen LogP contribution in [0.1, 0.15) is 51.9 Å². The summed E-state index contributed by atoms with van der Waals surface area (Å²) < 4.78 is 7.28. The molecule has 2 aromatic rings. The lowest BCUT2D eigenvalue weighted by Gasteiger charge is -2.09. The van der Waals surface area contributed by atoms with Crippen molar-refractivity contribution in [2.45, 2.75) is 51.4 Å². The number of Topliss-reactive ketones (excluding diaryl/α,β-unsaturated/α-hetero) is 2. The number of nitrogens with zero attached hydrogens (tertiary/aromatic N) is 4. The van der Waals surface area contributed by atoms with Crippen LogP contribution in [0.15, 0.2) is 5.16 Å². The van der Waals surface area contributed by atoms with Gasteiger partial charge in [0.05, 0.1) is 24.1 Å². The molecule has 3 heterocycles. The van der Waals surface area contributed by atoms with Crippen LogP contribution in [-0.2, 0) is 11.3 Å². The first kappa shape index (κ1) is 17.8. The van der Waals surface area contributed by atoms with E-state index in [9.17, 15) is 9.59 Å². The Balaban J connectivity index is 1.66. The van der Waals surface area contributed by atoms with Crippen molar-refractivity contribution in [1.82, 2.24) is 25.2 Å². The maximum absolute atomic E-state index is 12.5. The van der Waals surface area contributed by atoms with E-state index in [2.05, 4.69) is 20.5 Å². The highest BCUT2D eigenvalue weighted by Gasteiger charge is 2.22. The van der Waals surface area contributed by atoms with E-state index in [1.807, 2.05) is 0 Å². The SMILES string of the molecule is CC(=O)c1c(C)[nH]c(C(=O)CSc2nnnn2C[C@@H]2CCCO2)c1C. The van der Waals surface area contributed by atoms with Gasteiger partial charge in [0.1, 0.15) is 0 Å². The zero-order chi connectivity index (χ0) is 18.0. The zero-order valence-corrected chi connectivity index (χ0v) is 15.4. The Labute approximate surface area is 149 Å². The minimum Gasteiger partial charge on any atom is -0.376 e. The van der Waals surface area contributed by atoms with Crippen molar-refractivity contribution in [2.75, 3.05) is 12.4 Å². The fraction of sp³-hybridized carbons (Fsp3) is 0.562. The number of hydrogen-bond acceptors (Lipinski definition) is 7. The summed E-state index contributed by atoms with van der Waals surface area (Å²) in [5.74, 6) is 0.0764. The topological polar surface area (TPSA) is 103 Å². The number of aromatic nitrogens is 5. The van der Waals surface area contributed by atoms with Crippen LogP contribution in [0.4, 0.5) is 0 Å². The van der Waals surface area contributed by atoms with Gasteiger partial charge in [-0.15, -0.1) is 5.10 Å². The third kappa shape index (κ3) is 3.82. The highest BCUT2D eigenvalue weighted by molar-refractivity contribution is 7.99. The van der Waals surface area contributed by atoms with Gasteiger partial charge in [0, 0.05) is 17.9 Å². The fourth-order valence-corrected chi connectivity index (χ4v) is 3.91. The second-order valence-corrected chi connectivity index (χ2v) is 7.11. The van der Waals surface area contributed by atoms with Gasteiger partial charge in [-0.05, 0) is 49.6 Å².